The predicted octanol–water partition coefficient (Wildman–Crippen LogP) is 3.25. The van der Waals surface area contributed by atoms with Crippen molar-refractivity contribution >= 4 is 0 Å². The van der Waals surface area contributed by atoms with E-state index in [2.05, 4.69) is 4.90 Å². The molecule has 0 saturated carbocycles. The second kappa shape index (κ2) is 6.78. The highest BCUT2D eigenvalue weighted by Gasteiger charge is 2.22. The van der Waals surface area contributed by atoms with Gasteiger partial charge >= 0.3 is 0 Å². The van der Waals surface area contributed by atoms with Crippen LogP contribution in [0.2, 0.25) is 0 Å². The Labute approximate surface area is 146 Å². The molecule has 0 bridgehead atoms. The Bertz CT molecular complexity index is 845. The minimum Gasteiger partial charge on any atom is -0.392 e. The number of benzene rings is 2. The van der Waals surface area contributed by atoms with Crippen molar-refractivity contribution in [3.63, 3.8) is 0 Å². The lowest BCUT2D eigenvalue weighted by atomic mass is 10.1. The lowest BCUT2D eigenvalue weighted by molar-refractivity contribution is 0.175. The molecule has 25 heavy (non-hydrogen) atoms. The quantitative estimate of drug-likeness (QED) is 0.795. The van der Waals surface area contributed by atoms with E-state index in [1.54, 1.807) is 12.1 Å². The summed E-state index contributed by atoms with van der Waals surface area (Å²) in [7, 11) is 0. The Morgan fingerprint density at radius 3 is 2.52 bits per heavy atom. The van der Waals surface area contributed by atoms with Crippen LogP contribution in [-0.4, -0.2) is 39.0 Å². The lowest BCUT2D eigenvalue weighted by Gasteiger charge is -2.14. The molecule has 0 spiro atoms. The van der Waals surface area contributed by atoms with Gasteiger partial charge in [-0.1, -0.05) is 18.2 Å². The topological polar surface area (TPSA) is 41.3 Å². The third-order valence-electron chi connectivity index (χ3n) is 4.57. The van der Waals surface area contributed by atoms with Gasteiger partial charge in [0.05, 0.1) is 17.5 Å². The fraction of sp³-hybridized carbons (Fsp3) is 0.250. The zero-order valence-corrected chi connectivity index (χ0v) is 13.8. The maximum atomic E-state index is 13.3. The average molecular weight is 337 g/mol. The Morgan fingerprint density at radius 1 is 1.08 bits per heavy atom. The SMILES string of the molecule is O[C@@H]1CCN(Cc2cn(-c3ccccc3)nc2-c2ccc(F)cc2)C1. The van der Waals surface area contributed by atoms with Crippen molar-refractivity contribution in [2.75, 3.05) is 13.1 Å². The number of β-amino-alcohol motifs (C(OH)–C–C–N with tert-alkyl or cyclic N) is 1. The number of likely N-dealkylation sites (tertiary alicyclic amines) is 1. The Balaban J connectivity index is 1.72. The average Bonchev–Trinajstić information content (AvgIpc) is 3.23. The molecular weight excluding hydrogens is 317 g/mol. The standard InChI is InChI=1S/C20H20FN3O/c21-17-8-6-15(7-9-17)20-16(12-23-11-10-19(25)14-23)13-24(22-20)18-4-2-1-3-5-18/h1-9,13,19,25H,10-12,14H2/t19-/m1/s1. The third-order valence-corrected chi connectivity index (χ3v) is 4.57. The van der Waals surface area contributed by atoms with E-state index in [9.17, 15) is 9.50 Å². The van der Waals surface area contributed by atoms with Gasteiger partial charge in [0.1, 0.15) is 5.82 Å². The summed E-state index contributed by atoms with van der Waals surface area (Å²) >= 11 is 0. The van der Waals surface area contributed by atoms with Gasteiger partial charge in [0.25, 0.3) is 0 Å². The molecule has 128 valence electrons. The van der Waals surface area contributed by atoms with Crippen LogP contribution in [0, 0.1) is 5.82 Å². The van der Waals surface area contributed by atoms with Crippen LogP contribution in [0.5, 0.6) is 0 Å². The molecule has 0 aliphatic carbocycles. The first-order valence-electron chi connectivity index (χ1n) is 8.49. The van der Waals surface area contributed by atoms with Gasteiger partial charge in [-0.25, -0.2) is 9.07 Å². The highest BCUT2D eigenvalue weighted by molar-refractivity contribution is 5.63. The van der Waals surface area contributed by atoms with Gasteiger partial charge in [0.15, 0.2) is 0 Å². The molecule has 4 nitrogen and oxygen atoms in total. The summed E-state index contributed by atoms with van der Waals surface area (Å²) < 4.78 is 15.1. The smallest absolute Gasteiger partial charge is 0.123 e. The fourth-order valence-corrected chi connectivity index (χ4v) is 3.29. The van der Waals surface area contributed by atoms with E-state index in [0.29, 0.717) is 6.54 Å². The van der Waals surface area contributed by atoms with Gasteiger partial charge in [-0.2, -0.15) is 5.10 Å². The van der Waals surface area contributed by atoms with E-state index in [1.807, 2.05) is 41.2 Å². The van der Waals surface area contributed by atoms with Gasteiger partial charge in [0, 0.05) is 37.0 Å². The molecule has 1 atom stereocenters. The first kappa shape index (κ1) is 16.0. The Kier molecular flexibility index (Phi) is 4.34. The molecule has 5 heteroatoms. The molecule has 0 unspecified atom stereocenters. The molecular formula is C20H20FN3O. The summed E-state index contributed by atoms with van der Waals surface area (Å²) in [5.41, 5.74) is 3.80. The highest BCUT2D eigenvalue weighted by Crippen LogP contribution is 2.26. The van der Waals surface area contributed by atoms with Crippen molar-refractivity contribution in [3.05, 3.63) is 72.2 Å². The van der Waals surface area contributed by atoms with Crippen molar-refractivity contribution < 1.29 is 9.50 Å². The molecule has 1 aliphatic rings. The predicted molar refractivity (Wildman–Crippen MR) is 94.9 cm³/mol. The van der Waals surface area contributed by atoms with Crippen molar-refractivity contribution in [3.8, 4) is 16.9 Å². The molecule has 1 N–H and O–H groups in total. The monoisotopic (exact) mass is 337 g/mol. The van der Waals surface area contributed by atoms with Gasteiger partial charge < -0.3 is 5.11 Å². The number of aromatic nitrogens is 2. The number of hydrogen-bond donors (Lipinski definition) is 1. The van der Waals surface area contributed by atoms with Crippen LogP contribution in [-0.2, 0) is 6.54 Å². The summed E-state index contributed by atoms with van der Waals surface area (Å²) in [4.78, 5) is 2.23. The Hall–Kier alpha value is -2.50. The summed E-state index contributed by atoms with van der Waals surface area (Å²) in [5, 5.41) is 14.5. The molecule has 1 saturated heterocycles. The third kappa shape index (κ3) is 3.48. The van der Waals surface area contributed by atoms with E-state index >= 15 is 0 Å². The zero-order chi connectivity index (χ0) is 17.2. The van der Waals surface area contributed by atoms with Crippen molar-refractivity contribution in [1.82, 2.24) is 14.7 Å². The molecule has 1 fully saturated rings. The van der Waals surface area contributed by atoms with E-state index in [-0.39, 0.29) is 11.9 Å². The molecule has 0 radical (unpaired) electrons. The fourth-order valence-electron chi connectivity index (χ4n) is 3.29. The molecule has 4 rings (SSSR count). The van der Waals surface area contributed by atoms with Gasteiger partial charge in [-0.15, -0.1) is 0 Å². The molecule has 1 aromatic heterocycles. The number of para-hydroxylation sites is 1. The first-order valence-corrected chi connectivity index (χ1v) is 8.49. The minimum absolute atomic E-state index is 0.251. The van der Waals surface area contributed by atoms with Crippen LogP contribution in [0.3, 0.4) is 0 Å². The molecule has 1 aliphatic heterocycles. The molecule has 2 aromatic carbocycles. The number of aliphatic hydroxyl groups excluding tert-OH is 1. The maximum Gasteiger partial charge on any atom is 0.123 e. The maximum absolute atomic E-state index is 13.3. The summed E-state index contributed by atoms with van der Waals surface area (Å²) in [6, 6.07) is 16.4. The van der Waals surface area contributed by atoms with Crippen LogP contribution in [0.4, 0.5) is 4.39 Å². The van der Waals surface area contributed by atoms with Crippen LogP contribution < -0.4 is 0 Å². The number of halogens is 1. The summed E-state index contributed by atoms with van der Waals surface area (Å²) in [6.07, 6.45) is 2.58. The highest BCUT2D eigenvalue weighted by atomic mass is 19.1. The van der Waals surface area contributed by atoms with Crippen molar-refractivity contribution in [2.24, 2.45) is 0 Å². The van der Waals surface area contributed by atoms with E-state index in [0.717, 1.165) is 42.0 Å². The first-order chi connectivity index (χ1) is 12.2. The van der Waals surface area contributed by atoms with Crippen molar-refractivity contribution in [1.29, 1.82) is 0 Å². The number of hydrogen-bond acceptors (Lipinski definition) is 3. The van der Waals surface area contributed by atoms with Gasteiger partial charge in [0.2, 0.25) is 0 Å². The minimum atomic E-state index is -0.254. The Morgan fingerprint density at radius 2 is 1.84 bits per heavy atom. The summed E-state index contributed by atoms with van der Waals surface area (Å²) in [5.74, 6) is -0.254. The number of rotatable bonds is 4. The lowest BCUT2D eigenvalue weighted by Crippen LogP contribution is -2.21. The van der Waals surface area contributed by atoms with Crippen LogP contribution in [0.15, 0.2) is 60.8 Å². The van der Waals surface area contributed by atoms with E-state index in [4.69, 9.17) is 5.10 Å². The van der Waals surface area contributed by atoms with Crippen LogP contribution >= 0.6 is 0 Å². The van der Waals surface area contributed by atoms with Gasteiger partial charge in [-0.3, -0.25) is 4.90 Å². The van der Waals surface area contributed by atoms with E-state index in [1.165, 1.54) is 12.1 Å². The molecule has 3 aromatic rings. The number of aliphatic hydroxyl groups is 1. The van der Waals surface area contributed by atoms with Crippen LogP contribution in [0.1, 0.15) is 12.0 Å². The molecule has 0 amide bonds. The molecule has 2 heterocycles. The largest absolute Gasteiger partial charge is 0.392 e. The summed E-state index contributed by atoms with van der Waals surface area (Å²) in [6.45, 7) is 2.27. The second-order valence-electron chi connectivity index (χ2n) is 6.47. The van der Waals surface area contributed by atoms with E-state index < -0.39 is 0 Å². The second-order valence-corrected chi connectivity index (χ2v) is 6.47. The normalized spacial score (nSPS) is 17.9. The van der Waals surface area contributed by atoms with Gasteiger partial charge in [-0.05, 0) is 42.8 Å². The van der Waals surface area contributed by atoms with Crippen molar-refractivity contribution in [2.45, 2.75) is 19.1 Å². The number of nitrogens with zero attached hydrogens (tertiary/aromatic N) is 3. The zero-order valence-electron chi connectivity index (χ0n) is 13.8. The van der Waals surface area contributed by atoms with Crippen LogP contribution in [0.25, 0.3) is 16.9 Å².